The first-order valence-corrected chi connectivity index (χ1v) is 5.41. The van der Waals surface area contributed by atoms with Crippen molar-refractivity contribution >= 4 is 22.5 Å². The maximum Gasteiger partial charge on any atom is 0.267 e. The van der Waals surface area contributed by atoms with Crippen LogP contribution in [-0.2, 0) is 0 Å². The Morgan fingerprint density at radius 1 is 1.53 bits per heavy atom. The van der Waals surface area contributed by atoms with E-state index >= 15 is 0 Å². The Balaban J connectivity index is 2.21. The van der Waals surface area contributed by atoms with E-state index in [-0.39, 0.29) is 12.5 Å². The van der Waals surface area contributed by atoms with E-state index in [0.717, 1.165) is 10.9 Å². The number of H-pyrrole nitrogens is 1. The molecule has 0 unspecified atom stereocenters. The van der Waals surface area contributed by atoms with Crippen molar-refractivity contribution in [2.45, 2.75) is 13.0 Å². The van der Waals surface area contributed by atoms with Crippen LogP contribution < -0.4 is 11.1 Å². The van der Waals surface area contributed by atoms with Crippen LogP contribution >= 0.6 is 0 Å². The molecule has 0 saturated heterocycles. The number of rotatable bonds is 3. The number of nitrogens with two attached hydrogens (primary N) is 1. The van der Waals surface area contributed by atoms with Gasteiger partial charge in [-0.1, -0.05) is 0 Å². The van der Waals surface area contributed by atoms with Crippen molar-refractivity contribution in [3.05, 3.63) is 30.0 Å². The molecular weight excluding hydrogens is 218 g/mol. The smallest absolute Gasteiger partial charge is 0.267 e. The molecule has 2 rings (SSSR count). The summed E-state index contributed by atoms with van der Waals surface area (Å²) in [5.41, 5.74) is 7.65. The van der Waals surface area contributed by atoms with Crippen LogP contribution in [-0.4, -0.2) is 28.6 Å². The minimum absolute atomic E-state index is 0.232. The lowest BCUT2D eigenvalue weighted by molar-refractivity contribution is 0.0920. The fraction of sp³-hybridized carbons (Fsp3) is 0.250. The van der Waals surface area contributed by atoms with Gasteiger partial charge < -0.3 is 21.1 Å². The Morgan fingerprint density at radius 3 is 3.00 bits per heavy atom. The van der Waals surface area contributed by atoms with Crippen molar-refractivity contribution in [2.75, 3.05) is 12.3 Å². The first kappa shape index (κ1) is 11.5. The molecule has 90 valence electrons. The summed E-state index contributed by atoms with van der Waals surface area (Å²) in [6.45, 7) is 1.85. The van der Waals surface area contributed by atoms with Crippen LogP contribution in [0.15, 0.2) is 24.3 Å². The van der Waals surface area contributed by atoms with Crippen molar-refractivity contribution in [1.29, 1.82) is 0 Å². The highest BCUT2D eigenvalue weighted by Crippen LogP contribution is 2.18. The molecule has 1 amide bonds. The molecule has 0 aliphatic carbocycles. The second-order valence-corrected chi connectivity index (χ2v) is 4.09. The highest BCUT2D eigenvalue weighted by molar-refractivity contribution is 5.98. The van der Waals surface area contributed by atoms with E-state index in [2.05, 4.69) is 10.3 Å². The second kappa shape index (κ2) is 4.47. The number of aromatic amines is 1. The van der Waals surface area contributed by atoms with Gasteiger partial charge >= 0.3 is 0 Å². The van der Waals surface area contributed by atoms with Gasteiger partial charge in [0.15, 0.2) is 0 Å². The van der Waals surface area contributed by atoms with Crippen LogP contribution in [0, 0.1) is 0 Å². The van der Waals surface area contributed by atoms with Gasteiger partial charge in [-0.05, 0) is 31.2 Å². The summed E-state index contributed by atoms with van der Waals surface area (Å²) in [7, 11) is 0. The van der Waals surface area contributed by atoms with Crippen LogP contribution in [0.5, 0.6) is 0 Å². The molecule has 0 fully saturated rings. The Kier molecular flexibility index (Phi) is 3.01. The predicted octanol–water partition coefficient (Wildman–Crippen LogP) is 0.861. The third-order valence-electron chi connectivity index (χ3n) is 2.45. The molecule has 1 aromatic heterocycles. The van der Waals surface area contributed by atoms with Gasteiger partial charge in [0.05, 0.1) is 6.10 Å². The summed E-state index contributed by atoms with van der Waals surface area (Å²) in [4.78, 5) is 14.7. The van der Waals surface area contributed by atoms with E-state index in [1.807, 2.05) is 6.07 Å². The van der Waals surface area contributed by atoms with Crippen LogP contribution in [0.3, 0.4) is 0 Å². The van der Waals surface area contributed by atoms with Crippen molar-refractivity contribution in [1.82, 2.24) is 10.3 Å². The summed E-state index contributed by atoms with van der Waals surface area (Å²) in [5, 5.41) is 12.6. The summed E-state index contributed by atoms with van der Waals surface area (Å²) in [6.07, 6.45) is -0.557. The van der Waals surface area contributed by atoms with Gasteiger partial charge in [0.2, 0.25) is 0 Å². The molecular formula is C12H15N3O2. The summed E-state index contributed by atoms with van der Waals surface area (Å²) in [6, 6.07) is 7.15. The number of benzene rings is 1. The molecule has 0 aliphatic heterocycles. The number of carbonyl (C=O) groups excluding carboxylic acids is 1. The number of aliphatic hydroxyl groups excluding tert-OH is 1. The first-order chi connectivity index (χ1) is 8.06. The molecule has 5 N–H and O–H groups in total. The average molecular weight is 233 g/mol. The predicted molar refractivity (Wildman–Crippen MR) is 66.7 cm³/mol. The molecule has 0 bridgehead atoms. The van der Waals surface area contributed by atoms with Gasteiger partial charge in [-0.3, -0.25) is 4.79 Å². The number of anilines is 1. The molecule has 2 aromatic rings. The molecule has 0 radical (unpaired) electrons. The third-order valence-corrected chi connectivity index (χ3v) is 2.45. The highest BCUT2D eigenvalue weighted by Gasteiger charge is 2.09. The molecule has 5 heteroatoms. The molecule has 0 spiro atoms. The number of hydrogen-bond acceptors (Lipinski definition) is 3. The number of fused-ring (bicyclic) bond motifs is 1. The molecule has 1 atom stereocenters. The number of hydrogen-bond donors (Lipinski definition) is 4. The molecule has 0 saturated carbocycles. The van der Waals surface area contributed by atoms with Crippen molar-refractivity contribution in [2.24, 2.45) is 0 Å². The standard InChI is InChI=1S/C12H15N3O2/c1-7(16)6-14-12(17)11-5-8-4-9(13)2-3-10(8)15-11/h2-5,7,15-16H,6,13H2,1H3,(H,14,17)/t7-/m0/s1. The monoisotopic (exact) mass is 233 g/mol. The van der Waals surface area contributed by atoms with E-state index in [0.29, 0.717) is 11.4 Å². The maximum absolute atomic E-state index is 11.7. The lowest BCUT2D eigenvalue weighted by atomic mass is 10.2. The van der Waals surface area contributed by atoms with E-state index in [9.17, 15) is 4.79 Å². The van der Waals surface area contributed by atoms with Gasteiger partial charge in [0.1, 0.15) is 5.69 Å². The van der Waals surface area contributed by atoms with Crippen LogP contribution in [0.1, 0.15) is 17.4 Å². The summed E-state index contributed by atoms with van der Waals surface area (Å²) >= 11 is 0. The fourth-order valence-electron chi connectivity index (χ4n) is 1.61. The first-order valence-electron chi connectivity index (χ1n) is 5.41. The Bertz CT molecular complexity index is 546. The van der Waals surface area contributed by atoms with Crippen LogP contribution in [0.25, 0.3) is 10.9 Å². The number of amides is 1. The Hall–Kier alpha value is -2.01. The third kappa shape index (κ3) is 2.57. The molecule has 5 nitrogen and oxygen atoms in total. The number of nitrogens with one attached hydrogen (secondary N) is 2. The molecule has 1 aromatic carbocycles. The number of carbonyl (C=O) groups is 1. The number of nitrogen functional groups attached to an aromatic ring is 1. The lowest BCUT2D eigenvalue weighted by Gasteiger charge is -2.05. The normalized spacial score (nSPS) is 12.6. The van der Waals surface area contributed by atoms with E-state index in [1.165, 1.54) is 0 Å². The summed E-state index contributed by atoms with van der Waals surface area (Å²) in [5.74, 6) is -0.235. The Morgan fingerprint density at radius 2 is 2.29 bits per heavy atom. The zero-order valence-electron chi connectivity index (χ0n) is 9.53. The van der Waals surface area contributed by atoms with E-state index in [1.54, 1.807) is 25.1 Å². The molecule has 1 heterocycles. The van der Waals surface area contributed by atoms with E-state index in [4.69, 9.17) is 10.8 Å². The van der Waals surface area contributed by atoms with Gasteiger partial charge in [-0.25, -0.2) is 0 Å². The molecule has 0 aliphatic rings. The maximum atomic E-state index is 11.7. The minimum atomic E-state index is -0.557. The average Bonchev–Trinajstić information content (AvgIpc) is 2.68. The number of aromatic nitrogens is 1. The number of aliphatic hydroxyl groups is 1. The van der Waals surface area contributed by atoms with E-state index < -0.39 is 6.10 Å². The van der Waals surface area contributed by atoms with Gasteiger partial charge in [-0.15, -0.1) is 0 Å². The van der Waals surface area contributed by atoms with Gasteiger partial charge in [-0.2, -0.15) is 0 Å². The zero-order chi connectivity index (χ0) is 12.4. The minimum Gasteiger partial charge on any atom is -0.399 e. The highest BCUT2D eigenvalue weighted by atomic mass is 16.3. The molecule has 17 heavy (non-hydrogen) atoms. The zero-order valence-corrected chi connectivity index (χ0v) is 9.53. The quantitative estimate of drug-likeness (QED) is 0.592. The SMILES string of the molecule is C[C@H](O)CNC(=O)c1cc2cc(N)ccc2[nH]1. The van der Waals surface area contributed by atoms with Crippen molar-refractivity contribution in [3.63, 3.8) is 0 Å². The van der Waals surface area contributed by atoms with Crippen LogP contribution in [0.2, 0.25) is 0 Å². The fourth-order valence-corrected chi connectivity index (χ4v) is 1.61. The lowest BCUT2D eigenvalue weighted by Crippen LogP contribution is -2.30. The van der Waals surface area contributed by atoms with Crippen molar-refractivity contribution in [3.8, 4) is 0 Å². The topological polar surface area (TPSA) is 91.1 Å². The Labute approximate surface area is 98.6 Å². The summed E-state index contributed by atoms with van der Waals surface area (Å²) < 4.78 is 0. The second-order valence-electron chi connectivity index (χ2n) is 4.09. The van der Waals surface area contributed by atoms with Crippen LogP contribution in [0.4, 0.5) is 5.69 Å². The van der Waals surface area contributed by atoms with Gasteiger partial charge in [0, 0.05) is 23.1 Å². The van der Waals surface area contributed by atoms with Crippen molar-refractivity contribution < 1.29 is 9.90 Å². The largest absolute Gasteiger partial charge is 0.399 e. The van der Waals surface area contributed by atoms with Gasteiger partial charge in [0.25, 0.3) is 5.91 Å².